The average molecular weight is 205 g/mol. The van der Waals surface area contributed by atoms with Gasteiger partial charge in [0, 0.05) is 11.5 Å². The fourth-order valence-corrected chi connectivity index (χ4v) is 2.36. The van der Waals surface area contributed by atoms with E-state index in [0.29, 0.717) is 17.0 Å². The van der Waals surface area contributed by atoms with Crippen molar-refractivity contribution in [3.8, 4) is 0 Å². The summed E-state index contributed by atoms with van der Waals surface area (Å²) in [6, 6.07) is 0. The van der Waals surface area contributed by atoms with Crippen LogP contribution in [0.3, 0.4) is 0 Å². The first kappa shape index (κ1) is 8.04. The first-order valence-corrected chi connectivity index (χ1v) is 5.09. The van der Waals surface area contributed by atoms with Crippen LogP contribution in [0.1, 0.15) is 6.42 Å². The van der Waals surface area contributed by atoms with Gasteiger partial charge in [0.2, 0.25) is 0 Å². The molecule has 2 bridgehead atoms. The second-order valence-corrected chi connectivity index (χ2v) is 4.50. The Morgan fingerprint density at radius 2 is 2.08 bits per heavy atom. The zero-order chi connectivity index (χ0) is 8.93. The molecule has 0 heterocycles. The zero-order valence-electron chi connectivity index (χ0n) is 5.91. The van der Waals surface area contributed by atoms with Crippen molar-refractivity contribution in [2.45, 2.75) is 6.42 Å². The number of hydrogen-bond acceptors (Lipinski definition) is 2. The molecule has 0 spiro atoms. The summed E-state index contributed by atoms with van der Waals surface area (Å²) >= 11 is 5.71. The van der Waals surface area contributed by atoms with Crippen molar-refractivity contribution in [3.63, 3.8) is 0 Å². The second kappa shape index (κ2) is 2.22. The van der Waals surface area contributed by atoms with E-state index in [1.54, 1.807) is 6.08 Å². The number of hydrogen-bond donors (Lipinski definition) is 1. The quantitative estimate of drug-likeness (QED) is 0.660. The lowest BCUT2D eigenvalue weighted by atomic mass is 10.3. The van der Waals surface area contributed by atoms with Gasteiger partial charge in [-0.05, 0) is 23.3 Å². The molecule has 0 radical (unpaired) electrons. The summed E-state index contributed by atoms with van der Waals surface area (Å²) in [5, 5.41) is 0.567. The van der Waals surface area contributed by atoms with E-state index >= 15 is 0 Å². The highest BCUT2D eigenvalue weighted by Crippen LogP contribution is 2.41. The van der Waals surface area contributed by atoms with E-state index in [0.717, 1.165) is 5.57 Å². The van der Waals surface area contributed by atoms with Crippen molar-refractivity contribution in [2.75, 3.05) is 0 Å². The molecule has 1 N–H and O–H groups in total. The molecule has 0 saturated carbocycles. The minimum absolute atomic E-state index is 0.0121. The number of halogens is 1. The maximum absolute atomic E-state index is 10.7. The molecular formula is C7H5ClO3S. The monoisotopic (exact) mass is 204 g/mol. The van der Waals surface area contributed by atoms with Gasteiger partial charge in [-0.2, -0.15) is 8.42 Å². The molecule has 64 valence electrons. The summed E-state index contributed by atoms with van der Waals surface area (Å²) in [5.41, 5.74) is 1.34. The van der Waals surface area contributed by atoms with Crippen LogP contribution in [0.25, 0.3) is 0 Å². The van der Waals surface area contributed by atoms with Crippen LogP contribution < -0.4 is 0 Å². The smallest absolute Gasteiger partial charge is 0.282 e. The lowest BCUT2D eigenvalue weighted by Gasteiger charge is -1.98. The third kappa shape index (κ3) is 1.03. The summed E-state index contributed by atoms with van der Waals surface area (Å²) in [6.45, 7) is 0. The molecule has 0 atom stereocenters. The van der Waals surface area contributed by atoms with E-state index in [9.17, 15) is 8.42 Å². The molecule has 2 aliphatic carbocycles. The van der Waals surface area contributed by atoms with Gasteiger partial charge in [-0.15, -0.1) is 0 Å². The Bertz CT molecular complexity index is 439. The van der Waals surface area contributed by atoms with E-state index in [1.165, 1.54) is 6.08 Å². The molecule has 0 aliphatic heterocycles. The third-order valence-corrected chi connectivity index (χ3v) is 3.18. The van der Waals surface area contributed by atoms with Crippen molar-refractivity contribution in [2.24, 2.45) is 0 Å². The minimum Gasteiger partial charge on any atom is -0.282 e. The molecule has 2 rings (SSSR count). The van der Waals surface area contributed by atoms with Crippen molar-refractivity contribution < 1.29 is 13.0 Å². The van der Waals surface area contributed by atoms with Crippen LogP contribution in [-0.2, 0) is 10.1 Å². The van der Waals surface area contributed by atoms with Crippen LogP contribution in [0, 0.1) is 0 Å². The SMILES string of the molecule is O=S(=O)(O)C1=C2C=C(Cl)C(=C1)C2. The molecule has 0 amide bonds. The van der Waals surface area contributed by atoms with Gasteiger partial charge in [-0.25, -0.2) is 0 Å². The van der Waals surface area contributed by atoms with Crippen LogP contribution in [0.2, 0.25) is 0 Å². The van der Waals surface area contributed by atoms with E-state index < -0.39 is 10.1 Å². The summed E-state index contributed by atoms with van der Waals surface area (Å²) in [7, 11) is -4.06. The van der Waals surface area contributed by atoms with E-state index in [1.807, 2.05) is 0 Å². The molecule has 0 aromatic rings. The van der Waals surface area contributed by atoms with Gasteiger partial charge in [0.05, 0.1) is 4.91 Å². The molecular weight excluding hydrogens is 200 g/mol. The average Bonchev–Trinajstić information content (AvgIpc) is 2.41. The molecule has 0 fully saturated rings. The second-order valence-electron chi connectivity index (χ2n) is 2.70. The Labute approximate surface area is 74.8 Å². The van der Waals surface area contributed by atoms with Crippen molar-refractivity contribution in [3.05, 3.63) is 33.2 Å². The maximum Gasteiger partial charge on any atom is 0.294 e. The normalized spacial score (nSPS) is 21.5. The van der Waals surface area contributed by atoms with E-state index in [-0.39, 0.29) is 4.91 Å². The Morgan fingerprint density at radius 1 is 1.42 bits per heavy atom. The Balaban J connectivity index is 2.61. The minimum atomic E-state index is -4.06. The highest BCUT2D eigenvalue weighted by atomic mass is 35.5. The van der Waals surface area contributed by atoms with Gasteiger partial charge in [0.15, 0.2) is 0 Å². The Hall–Kier alpha value is -0.580. The fourth-order valence-electron chi connectivity index (χ4n) is 1.36. The largest absolute Gasteiger partial charge is 0.294 e. The first-order chi connectivity index (χ1) is 5.48. The topological polar surface area (TPSA) is 54.4 Å². The van der Waals surface area contributed by atoms with E-state index in [2.05, 4.69) is 0 Å². The van der Waals surface area contributed by atoms with Crippen molar-refractivity contribution >= 4 is 21.7 Å². The van der Waals surface area contributed by atoms with Crippen molar-refractivity contribution in [1.82, 2.24) is 0 Å². The van der Waals surface area contributed by atoms with Crippen LogP contribution >= 0.6 is 11.6 Å². The van der Waals surface area contributed by atoms with E-state index in [4.69, 9.17) is 16.2 Å². The van der Waals surface area contributed by atoms with Gasteiger partial charge in [-0.1, -0.05) is 11.6 Å². The molecule has 5 heteroatoms. The summed E-state index contributed by atoms with van der Waals surface area (Å²) in [5.74, 6) is 0. The van der Waals surface area contributed by atoms with Gasteiger partial charge >= 0.3 is 0 Å². The third-order valence-electron chi connectivity index (χ3n) is 1.89. The van der Waals surface area contributed by atoms with Gasteiger partial charge in [-0.3, -0.25) is 4.55 Å². The predicted molar refractivity (Wildman–Crippen MR) is 45.2 cm³/mol. The highest BCUT2D eigenvalue weighted by Gasteiger charge is 2.29. The van der Waals surface area contributed by atoms with Crippen LogP contribution in [-0.4, -0.2) is 13.0 Å². The summed E-state index contributed by atoms with van der Waals surface area (Å²) in [4.78, 5) is -0.0121. The van der Waals surface area contributed by atoms with Gasteiger partial charge in [0.1, 0.15) is 0 Å². The summed E-state index contributed by atoms with van der Waals surface area (Å²) in [6.07, 6.45) is 3.50. The van der Waals surface area contributed by atoms with Gasteiger partial charge in [0.25, 0.3) is 10.1 Å². The Morgan fingerprint density at radius 3 is 2.42 bits per heavy atom. The van der Waals surface area contributed by atoms with Crippen LogP contribution in [0.5, 0.6) is 0 Å². The molecule has 3 nitrogen and oxygen atoms in total. The first-order valence-electron chi connectivity index (χ1n) is 3.27. The molecule has 2 aliphatic rings. The summed E-state index contributed by atoms with van der Waals surface area (Å²) < 4.78 is 30.1. The molecule has 0 aromatic heterocycles. The maximum atomic E-state index is 10.7. The standard InChI is InChI=1S/C7H5ClO3S/c8-6-2-5-1-4(6)3-7(5)12(9,10)11/h2-3H,1H2,(H,9,10,11). The zero-order valence-corrected chi connectivity index (χ0v) is 7.48. The number of rotatable bonds is 1. The van der Waals surface area contributed by atoms with Gasteiger partial charge < -0.3 is 0 Å². The molecule has 0 aromatic carbocycles. The number of allylic oxidation sites excluding steroid dienone is 5. The molecule has 12 heavy (non-hydrogen) atoms. The van der Waals surface area contributed by atoms with Crippen molar-refractivity contribution in [1.29, 1.82) is 0 Å². The lowest BCUT2D eigenvalue weighted by Crippen LogP contribution is -2.00. The lowest BCUT2D eigenvalue weighted by molar-refractivity contribution is 0.492. The predicted octanol–water partition coefficient (Wildman–Crippen LogP) is 1.59. The Kier molecular flexibility index (Phi) is 1.49. The number of fused-ring (bicyclic) bond motifs is 2. The highest BCUT2D eigenvalue weighted by molar-refractivity contribution is 7.90. The fraction of sp³-hybridized carbons (Fsp3) is 0.143. The van der Waals surface area contributed by atoms with Crippen LogP contribution in [0.15, 0.2) is 33.2 Å². The molecule has 0 saturated heterocycles. The molecule has 0 unspecified atom stereocenters. The van der Waals surface area contributed by atoms with Crippen LogP contribution in [0.4, 0.5) is 0 Å².